The van der Waals surface area contributed by atoms with E-state index in [1.54, 1.807) is 6.07 Å². The molecule has 3 nitrogen and oxygen atoms in total. The quantitative estimate of drug-likeness (QED) is 0.471. The number of carbonyl (C=O) groups excluding carboxylic acids is 1. The standard InChI is InChI=1S/C17H16O3/c1-3-17(18)20-16-11-15(10-9-13(16)2)19-12-14-7-5-4-6-8-14/h3-11H,1,12H2,2H3. The van der Waals surface area contributed by atoms with E-state index in [9.17, 15) is 4.79 Å². The van der Waals surface area contributed by atoms with Crippen LogP contribution >= 0.6 is 0 Å². The van der Waals surface area contributed by atoms with Crippen molar-refractivity contribution in [2.45, 2.75) is 13.5 Å². The highest BCUT2D eigenvalue weighted by molar-refractivity contribution is 5.83. The van der Waals surface area contributed by atoms with Gasteiger partial charge in [0.1, 0.15) is 18.1 Å². The summed E-state index contributed by atoms with van der Waals surface area (Å²) in [6.07, 6.45) is 1.14. The van der Waals surface area contributed by atoms with Crippen molar-refractivity contribution in [1.29, 1.82) is 0 Å². The van der Waals surface area contributed by atoms with Crippen molar-refractivity contribution in [3.63, 3.8) is 0 Å². The molecule has 0 amide bonds. The highest BCUT2D eigenvalue weighted by Gasteiger charge is 2.06. The SMILES string of the molecule is C=CC(=O)Oc1cc(OCc2ccccc2)ccc1C. The van der Waals surface area contributed by atoms with Crippen molar-refractivity contribution in [1.82, 2.24) is 0 Å². The molecule has 0 spiro atoms. The number of benzene rings is 2. The van der Waals surface area contributed by atoms with Crippen LogP contribution in [0.2, 0.25) is 0 Å². The van der Waals surface area contributed by atoms with Crippen LogP contribution in [0.15, 0.2) is 61.2 Å². The first-order valence-corrected chi connectivity index (χ1v) is 6.30. The number of rotatable bonds is 5. The van der Waals surface area contributed by atoms with Gasteiger partial charge in [0.2, 0.25) is 0 Å². The maximum Gasteiger partial charge on any atom is 0.335 e. The molecule has 0 unspecified atom stereocenters. The van der Waals surface area contributed by atoms with Gasteiger partial charge >= 0.3 is 5.97 Å². The zero-order valence-corrected chi connectivity index (χ0v) is 11.3. The van der Waals surface area contributed by atoms with Crippen molar-refractivity contribution < 1.29 is 14.3 Å². The highest BCUT2D eigenvalue weighted by Crippen LogP contribution is 2.25. The Morgan fingerprint density at radius 1 is 1.20 bits per heavy atom. The number of esters is 1. The number of hydrogen-bond donors (Lipinski definition) is 0. The minimum absolute atomic E-state index is 0.471. The molecule has 0 aliphatic heterocycles. The lowest BCUT2D eigenvalue weighted by atomic mass is 10.2. The van der Waals surface area contributed by atoms with Gasteiger partial charge in [-0.05, 0) is 24.1 Å². The topological polar surface area (TPSA) is 35.5 Å². The van der Waals surface area contributed by atoms with Gasteiger partial charge in [-0.1, -0.05) is 43.0 Å². The van der Waals surface area contributed by atoms with E-state index in [2.05, 4.69) is 6.58 Å². The number of aryl methyl sites for hydroxylation is 1. The van der Waals surface area contributed by atoms with Crippen molar-refractivity contribution in [2.75, 3.05) is 0 Å². The van der Waals surface area contributed by atoms with Gasteiger partial charge in [0.05, 0.1) is 0 Å². The number of carbonyl (C=O) groups is 1. The zero-order valence-electron chi connectivity index (χ0n) is 11.3. The Bertz CT molecular complexity index is 603. The molecule has 2 rings (SSSR count). The fraction of sp³-hybridized carbons (Fsp3) is 0.118. The summed E-state index contributed by atoms with van der Waals surface area (Å²) in [6, 6.07) is 15.3. The summed E-state index contributed by atoms with van der Waals surface area (Å²) in [6.45, 7) is 5.72. The lowest BCUT2D eigenvalue weighted by Gasteiger charge is -2.10. The summed E-state index contributed by atoms with van der Waals surface area (Å²) in [5.41, 5.74) is 1.95. The molecule has 0 radical (unpaired) electrons. The van der Waals surface area contributed by atoms with Crippen LogP contribution in [0.3, 0.4) is 0 Å². The van der Waals surface area contributed by atoms with E-state index in [1.165, 1.54) is 0 Å². The predicted molar refractivity (Wildman–Crippen MR) is 77.8 cm³/mol. The Morgan fingerprint density at radius 3 is 2.65 bits per heavy atom. The van der Waals surface area contributed by atoms with Crippen molar-refractivity contribution in [3.05, 3.63) is 72.3 Å². The van der Waals surface area contributed by atoms with Crippen LogP contribution in [0.5, 0.6) is 11.5 Å². The van der Waals surface area contributed by atoms with E-state index in [1.807, 2.05) is 49.4 Å². The van der Waals surface area contributed by atoms with Crippen LogP contribution < -0.4 is 9.47 Å². The second-order valence-corrected chi connectivity index (χ2v) is 4.33. The summed E-state index contributed by atoms with van der Waals surface area (Å²) in [4.78, 5) is 11.2. The predicted octanol–water partition coefficient (Wildman–Crippen LogP) is 3.67. The lowest BCUT2D eigenvalue weighted by molar-refractivity contribution is -0.129. The van der Waals surface area contributed by atoms with Crippen molar-refractivity contribution >= 4 is 5.97 Å². The largest absolute Gasteiger partial charge is 0.489 e. The minimum atomic E-state index is -0.478. The maximum atomic E-state index is 11.2. The maximum absolute atomic E-state index is 11.2. The molecule has 102 valence electrons. The Morgan fingerprint density at radius 2 is 1.95 bits per heavy atom. The smallest absolute Gasteiger partial charge is 0.335 e. The monoisotopic (exact) mass is 268 g/mol. The first kappa shape index (κ1) is 13.9. The summed E-state index contributed by atoms with van der Waals surface area (Å²) in [5.74, 6) is 0.667. The summed E-state index contributed by atoms with van der Waals surface area (Å²) < 4.78 is 10.8. The molecule has 0 saturated heterocycles. The Balaban J connectivity index is 2.07. The first-order valence-electron chi connectivity index (χ1n) is 6.30. The number of hydrogen-bond acceptors (Lipinski definition) is 3. The van der Waals surface area contributed by atoms with Crippen LogP contribution in [0.4, 0.5) is 0 Å². The Labute approximate surface area is 118 Å². The lowest BCUT2D eigenvalue weighted by Crippen LogP contribution is -2.04. The van der Waals surface area contributed by atoms with E-state index in [0.717, 1.165) is 17.2 Å². The van der Waals surface area contributed by atoms with Crippen LogP contribution in [-0.2, 0) is 11.4 Å². The summed E-state index contributed by atoms with van der Waals surface area (Å²) in [7, 11) is 0. The van der Waals surface area contributed by atoms with Crippen LogP contribution in [0, 0.1) is 6.92 Å². The van der Waals surface area contributed by atoms with Gasteiger partial charge in [-0.15, -0.1) is 0 Å². The third-order valence-electron chi connectivity index (χ3n) is 2.79. The zero-order chi connectivity index (χ0) is 14.4. The molecule has 0 aliphatic rings. The molecule has 0 fully saturated rings. The van der Waals surface area contributed by atoms with Gasteiger partial charge in [-0.3, -0.25) is 0 Å². The summed E-state index contributed by atoms with van der Waals surface area (Å²) >= 11 is 0. The normalized spacial score (nSPS) is 9.85. The van der Waals surface area contributed by atoms with Gasteiger partial charge in [0.25, 0.3) is 0 Å². The van der Waals surface area contributed by atoms with Gasteiger partial charge < -0.3 is 9.47 Å². The molecule has 20 heavy (non-hydrogen) atoms. The average Bonchev–Trinajstić information content (AvgIpc) is 2.49. The Kier molecular flexibility index (Phi) is 4.56. The fourth-order valence-corrected chi connectivity index (χ4v) is 1.67. The molecular formula is C17H16O3. The molecular weight excluding hydrogens is 252 g/mol. The molecule has 0 aliphatic carbocycles. The fourth-order valence-electron chi connectivity index (χ4n) is 1.67. The molecule has 0 N–H and O–H groups in total. The molecule has 3 heteroatoms. The molecule has 0 bridgehead atoms. The van der Waals surface area contributed by atoms with E-state index in [0.29, 0.717) is 18.1 Å². The van der Waals surface area contributed by atoms with Gasteiger partial charge in [-0.25, -0.2) is 4.79 Å². The van der Waals surface area contributed by atoms with E-state index >= 15 is 0 Å². The minimum Gasteiger partial charge on any atom is -0.489 e. The molecule has 2 aromatic carbocycles. The van der Waals surface area contributed by atoms with Crippen molar-refractivity contribution in [3.8, 4) is 11.5 Å². The second-order valence-electron chi connectivity index (χ2n) is 4.33. The van der Waals surface area contributed by atoms with E-state index in [-0.39, 0.29) is 0 Å². The average molecular weight is 268 g/mol. The Hall–Kier alpha value is -2.55. The van der Waals surface area contributed by atoms with Gasteiger partial charge in [0.15, 0.2) is 0 Å². The second kappa shape index (κ2) is 6.57. The third-order valence-corrected chi connectivity index (χ3v) is 2.79. The summed E-state index contributed by atoms with van der Waals surface area (Å²) in [5, 5.41) is 0. The van der Waals surface area contributed by atoms with Crippen LogP contribution in [0.25, 0.3) is 0 Å². The first-order chi connectivity index (χ1) is 9.69. The molecule has 0 saturated carbocycles. The van der Waals surface area contributed by atoms with Gasteiger partial charge in [-0.2, -0.15) is 0 Å². The van der Waals surface area contributed by atoms with Gasteiger partial charge in [0, 0.05) is 12.1 Å². The number of ether oxygens (including phenoxy) is 2. The molecule has 0 aromatic heterocycles. The molecule has 0 atom stereocenters. The van der Waals surface area contributed by atoms with Crippen LogP contribution in [0.1, 0.15) is 11.1 Å². The van der Waals surface area contributed by atoms with Crippen molar-refractivity contribution in [2.24, 2.45) is 0 Å². The molecule has 0 heterocycles. The molecule has 2 aromatic rings. The third kappa shape index (κ3) is 3.72. The van der Waals surface area contributed by atoms with Crippen LogP contribution in [-0.4, -0.2) is 5.97 Å². The van der Waals surface area contributed by atoms with E-state index in [4.69, 9.17) is 9.47 Å². The highest BCUT2D eigenvalue weighted by atomic mass is 16.5. The van der Waals surface area contributed by atoms with E-state index < -0.39 is 5.97 Å².